The van der Waals surface area contributed by atoms with Gasteiger partial charge in [0.25, 0.3) is 0 Å². The quantitative estimate of drug-likeness (QED) is 0.192. The normalized spacial score (nSPS) is 11.8. The summed E-state index contributed by atoms with van der Waals surface area (Å²) in [5.41, 5.74) is 12.2. The molecule has 0 saturated heterocycles. The van der Waals surface area contributed by atoms with E-state index in [1.807, 2.05) is 12.1 Å². The third-order valence-electron chi connectivity index (χ3n) is 9.26. The summed E-state index contributed by atoms with van der Waals surface area (Å²) < 4.78 is 6.17. The summed E-state index contributed by atoms with van der Waals surface area (Å²) in [6.07, 6.45) is 0. The Kier molecular flexibility index (Phi) is 5.74. The van der Waals surface area contributed by atoms with Crippen LogP contribution in [0.1, 0.15) is 0 Å². The van der Waals surface area contributed by atoms with Crippen molar-refractivity contribution in [3.8, 4) is 43.4 Å². The third kappa shape index (κ3) is 4.16. The molecule has 0 unspecified atom stereocenters. The minimum absolute atomic E-state index is 0.888. The Morgan fingerprint density at radius 2 is 1.13 bits per heavy atom. The van der Waals surface area contributed by atoms with Gasteiger partial charge >= 0.3 is 0 Å². The molecule has 0 atom stereocenters. The Morgan fingerprint density at radius 1 is 0.489 bits per heavy atom. The molecule has 0 aliphatic heterocycles. The van der Waals surface area contributed by atoms with Crippen molar-refractivity contribution in [2.24, 2.45) is 0 Å². The van der Waals surface area contributed by atoms with Crippen molar-refractivity contribution in [1.82, 2.24) is 4.98 Å². The van der Waals surface area contributed by atoms with Crippen LogP contribution in [0, 0.1) is 0 Å². The Bertz CT molecular complexity index is 2560. The lowest BCUT2D eigenvalue weighted by atomic mass is 10.0. The van der Waals surface area contributed by atoms with Crippen LogP contribution in [0.3, 0.4) is 0 Å². The molecule has 9 aromatic rings. The highest BCUT2D eigenvalue weighted by Gasteiger charge is 2.26. The van der Waals surface area contributed by atoms with E-state index in [2.05, 4.69) is 150 Å². The topological polar surface area (TPSA) is 29.3 Å². The average Bonchev–Trinajstić information content (AvgIpc) is 3.82. The molecule has 2 heterocycles. The van der Waals surface area contributed by atoms with Crippen molar-refractivity contribution < 1.29 is 4.42 Å². The Labute approximate surface area is 275 Å². The molecule has 1 aliphatic rings. The van der Waals surface area contributed by atoms with Gasteiger partial charge in [0.2, 0.25) is 0 Å². The van der Waals surface area contributed by atoms with Crippen LogP contribution >= 0.6 is 11.3 Å². The predicted molar refractivity (Wildman–Crippen MR) is 197 cm³/mol. The van der Waals surface area contributed by atoms with E-state index >= 15 is 0 Å². The SMILES string of the molecule is c1ccc(-c2ccc(N(c3ccc(-c4nc5c(s4)-c4cccc6cccc-5c46)cc3)c3ccc4oc5ccccc5c4c3)cc2)cc1. The van der Waals surface area contributed by atoms with Gasteiger partial charge in [-0.3, -0.25) is 0 Å². The number of fused-ring (bicyclic) bond motifs is 6. The van der Waals surface area contributed by atoms with E-state index < -0.39 is 0 Å². The van der Waals surface area contributed by atoms with Gasteiger partial charge in [0.1, 0.15) is 16.2 Å². The van der Waals surface area contributed by atoms with Crippen LogP contribution in [0.4, 0.5) is 17.1 Å². The number of rotatable bonds is 5. The van der Waals surface area contributed by atoms with Crippen LogP contribution in [-0.4, -0.2) is 4.98 Å². The molecular weight excluding hydrogens is 593 g/mol. The summed E-state index contributed by atoms with van der Waals surface area (Å²) >= 11 is 1.78. The highest BCUT2D eigenvalue weighted by atomic mass is 32.1. The average molecular weight is 619 g/mol. The summed E-state index contributed by atoms with van der Waals surface area (Å²) in [5.74, 6) is 0. The van der Waals surface area contributed by atoms with Gasteiger partial charge in [0.15, 0.2) is 0 Å². The van der Waals surface area contributed by atoms with E-state index in [1.54, 1.807) is 11.3 Å². The first-order chi connectivity index (χ1) is 23.3. The summed E-state index contributed by atoms with van der Waals surface area (Å²) in [6, 6.07) is 55.9. The monoisotopic (exact) mass is 618 g/mol. The van der Waals surface area contributed by atoms with Gasteiger partial charge in [0, 0.05) is 44.5 Å². The molecule has 47 heavy (non-hydrogen) atoms. The molecule has 4 heteroatoms. The van der Waals surface area contributed by atoms with Crippen LogP contribution in [0.2, 0.25) is 0 Å². The van der Waals surface area contributed by atoms with E-state index in [9.17, 15) is 0 Å². The van der Waals surface area contributed by atoms with Gasteiger partial charge < -0.3 is 9.32 Å². The van der Waals surface area contributed by atoms with Crippen LogP contribution in [0.15, 0.2) is 162 Å². The molecule has 7 aromatic carbocycles. The van der Waals surface area contributed by atoms with Crippen molar-refractivity contribution >= 4 is 61.1 Å². The number of para-hydroxylation sites is 1. The molecule has 10 rings (SSSR count). The molecule has 1 aliphatic carbocycles. The maximum Gasteiger partial charge on any atom is 0.135 e. The van der Waals surface area contributed by atoms with Crippen molar-refractivity contribution in [2.45, 2.75) is 0 Å². The van der Waals surface area contributed by atoms with Crippen molar-refractivity contribution in [1.29, 1.82) is 0 Å². The van der Waals surface area contributed by atoms with E-state index in [1.165, 1.54) is 37.9 Å². The largest absolute Gasteiger partial charge is 0.456 e. The summed E-state index contributed by atoms with van der Waals surface area (Å²) in [6.45, 7) is 0. The molecule has 0 amide bonds. The highest BCUT2D eigenvalue weighted by Crippen LogP contribution is 2.51. The van der Waals surface area contributed by atoms with Gasteiger partial charge in [-0.1, -0.05) is 97.1 Å². The molecule has 220 valence electrons. The van der Waals surface area contributed by atoms with Crippen molar-refractivity contribution in [2.75, 3.05) is 4.90 Å². The van der Waals surface area contributed by atoms with E-state index in [0.717, 1.165) is 55.3 Å². The maximum atomic E-state index is 6.17. The lowest BCUT2D eigenvalue weighted by Crippen LogP contribution is -2.09. The second kappa shape index (κ2) is 10.3. The van der Waals surface area contributed by atoms with E-state index in [4.69, 9.17) is 9.40 Å². The number of thiazole rings is 1. The van der Waals surface area contributed by atoms with Crippen molar-refractivity contribution in [3.05, 3.63) is 158 Å². The second-order valence-corrected chi connectivity index (χ2v) is 13.0. The van der Waals surface area contributed by atoms with Crippen molar-refractivity contribution in [3.63, 3.8) is 0 Å². The van der Waals surface area contributed by atoms with Crippen LogP contribution in [0.5, 0.6) is 0 Å². The molecule has 2 aromatic heterocycles. The smallest absolute Gasteiger partial charge is 0.135 e. The summed E-state index contributed by atoms with van der Waals surface area (Å²) in [4.78, 5) is 8.76. The Morgan fingerprint density at radius 3 is 1.91 bits per heavy atom. The highest BCUT2D eigenvalue weighted by molar-refractivity contribution is 7.19. The lowest BCUT2D eigenvalue weighted by molar-refractivity contribution is 0.669. The minimum atomic E-state index is 0.888. The maximum absolute atomic E-state index is 6.17. The molecule has 0 N–H and O–H groups in total. The number of nitrogens with zero attached hydrogens (tertiary/aromatic N) is 2. The van der Waals surface area contributed by atoms with Crippen LogP contribution in [0.25, 0.3) is 76.1 Å². The van der Waals surface area contributed by atoms with Gasteiger partial charge in [0.05, 0.1) is 10.6 Å². The zero-order valence-corrected chi connectivity index (χ0v) is 26.0. The number of benzene rings is 7. The molecule has 0 spiro atoms. The number of anilines is 3. The van der Waals surface area contributed by atoms with Gasteiger partial charge in [-0.05, 0) is 82.6 Å². The zero-order chi connectivity index (χ0) is 30.9. The fourth-order valence-electron chi connectivity index (χ4n) is 7.02. The Hall–Kier alpha value is -5.97. The first kappa shape index (κ1) is 26.3. The molecule has 0 bridgehead atoms. The number of aromatic nitrogens is 1. The minimum Gasteiger partial charge on any atom is -0.456 e. The van der Waals surface area contributed by atoms with Crippen LogP contribution < -0.4 is 4.90 Å². The van der Waals surface area contributed by atoms with Gasteiger partial charge in [-0.2, -0.15) is 0 Å². The summed E-state index contributed by atoms with van der Waals surface area (Å²) in [7, 11) is 0. The molecule has 3 nitrogen and oxygen atoms in total. The first-order valence-corrected chi connectivity index (χ1v) is 16.6. The zero-order valence-electron chi connectivity index (χ0n) is 25.2. The van der Waals surface area contributed by atoms with Gasteiger partial charge in [-0.15, -0.1) is 11.3 Å². The van der Waals surface area contributed by atoms with Gasteiger partial charge in [-0.25, -0.2) is 4.98 Å². The number of hydrogen-bond acceptors (Lipinski definition) is 4. The second-order valence-electron chi connectivity index (χ2n) is 12.0. The van der Waals surface area contributed by atoms with E-state index in [-0.39, 0.29) is 0 Å². The molecule has 0 fully saturated rings. The molecule has 0 radical (unpaired) electrons. The third-order valence-corrected chi connectivity index (χ3v) is 10.4. The lowest BCUT2D eigenvalue weighted by Gasteiger charge is -2.26. The first-order valence-electron chi connectivity index (χ1n) is 15.8. The molecule has 0 saturated carbocycles. The van der Waals surface area contributed by atoms with E-state index in [0.29, 0.717) is 0 Å². The predicted octanol–water partition coefficient (Wildman–Crippen LogP) is 12.6. The fraction of sp³-hybridized carbons (Fsp3) is 0. The van der Waals surface area contributed by atoms with Crippen LogP contribution in [-0.2, 0) is 0 Å². The Balaban J connectivity index is 1.07. The standard InChI is InChI=1S/C43H26N2OS/c1-2-8-27(9-3-1)28-16-20-31(21-17-28)45(33-24-25-39-37(26-33)34-12-4-5-15-38(34)46-39)32-22-18-30(19-23-32)43-44-41-35-13-6-10-29-11-7-14-36(40(29)35)42(41)47-43/h1-26H. The number of furan rings is 1. The fourth-order valence-corrected chi connectivity index (χ4v) is 8.14. The summed E-state index contributed by atoms with van der Waals surface area (Å²) in [5, 5.41) is 5.86. The molecular formula is C43H26N2OS. The number of hydrogen-bond donors (Lipinski definition) is 0.